The van der Waals surface area contributed by atoms with Gasteiger partial charge in [-0.05, 0) is 38.1 Å². The van der Waals surface area contributed by atoms with Crippen molar-refractivity contribution in [2.24, 2.45) is 0 Å². The summed E-state index contributed by atoms with van der Waals surface area (Å²) in [6, 6.07) is 6.64. The average molecular weight is 193 g/mol. The summed E-state index contributed by atoms with van der Waals surface area (Å²) in [6.45, 7) is 3.00. The van der Waals surface area contributed by atoms with E-state index < -0.39 is 5.67 Å². The molecule has 2 aromatic rings. The fraction of sp³-hybridized carbons (Fsp3) is 0.273. The van der Waals surface area contributed by atoms with E-state index in [2.05, 4.69) is 4.98 Å². The number of H-pyrrole nitrogens is 1. The van der Waals surface area contributed by atoms with Crippen LogP contribution in [0.25, 0.3) is 10.9 Å². The molecule has 0 bridgehead atoms. The Hall–Kier alpha value is -1.51. The van der Waals surface area contributed by atoms with Gasteiger partial charge in [-0.2, -0.15) is 0 Å². The number of hydrogen-bond donors (Lipinski definition) is 2. The van der Waals surface area contributed by atoms with Crippen molar-refractivity contribution in [1.82, 2.24) is 4.98 Å². The number of fused-ring (bicyclic) bond motifs is 1. The number of aromatic amines is 1. The van der Waals surface area contributed by atoms with E-state index in [0.29, 0.717) is 5.69 Å². The van der Waals surface area contributed by atoms with Crippen LogP contribution >= 0.6 is 0 Å². The molecule has 2 N–H and O–H groups in total. The van der Waals surface area contributed by atoms with Gasteiger partial charge in [-0.15, -0.1) is 0 Å². The maximum Gasteiger partial charge on any atom is 0.145 e. The van der Waals surface area contributed by atoms with Gasteiger partial charge in [-0.25, -0.2) is 4.39 Å². The molecule has 2 nitrogen and oxygen atoms in total. The molecule has 0 saturated heterocycles. The van der Waals surface area contributed by atoms with Crippen LogP contribution in [-0.2, 0) is 5.67 Å². The quantitative estimate of drug-likeness (QED) is 0.717. The topological polar surface area (TPSA) is 36.0 Å². The van der Waals surface area contributed by atoms with Crippen LogP contribution in [0.1, 0.15) is 19.5 Å². The zero-order valence-corrected chi connectivity index (χ0v) is 8.13. The molecule has 0 amide bonds. The summed E-state index contributed by atoms with van der Waals surface area (Å²) in [5.74, 6) is 0.194. The van der Waals surface area contributed by atoms with Crippen LogP contribution in [-0.4, -0.2) is 10.1 Å². The molecule has 0 aliphatic carbocycles. The number of aromatic hydroxyl groups is 1. The van der Waals surface area contributed by atoms with Gasteiger partial charge in [0, 0.05) is 10.9 Å². The maximum absolute atomic E-state index is 13.6. The minimum atomic E-state index is -1.38. The van der Waals surface area contributed by atoms with Crippen LogP contribution in [0.5, 0.6) is 5.75 Å². The van der Waals surface area contributed by atoms with E-state index in [9.17, 15) is 9.50 Å². The number of hydrogen-bond acceptors (Lipinski definition) is 1. The van der Waals surface area contributed by atoms with Crippen molar-refractivity contribution in [2.45, 2.75) is 19.5 Å². The van der Waals surface area contributed by atoms with Gasteiger partial charge in [-0.3, -0.25) is 0 Å². The molecule has 0 saturated carbocycles. The first-order chi connectivity index (χ1) is 6.47. The number of rotatable bonds is 1. The molecule has 0 atom stereocenters. The SMILES string of the molecule is CC(C)(F)c1cc2cc(O)ccc2[nH]1. The summed E-state index contributed by atoms with van der Waals surface area (Å²) in [6.07, 6.45) is 0. The molecule has 0 radical (unpaired) electrons. The van der Waals surface area contributed by atoms with Gasteiger partial charge in [0.1, 0.15) is 11.4 Å². The number of benzene rings is 1. The predicted octanol–water partition coefficient (Wildman–Crippen LogP) is 3.08. The highest BCUT2D eigenvalue weighted by atomic mass is 19.1. The molecule has 14 heavy (non-hydrogen) atoms. The van der Waals surface area contributed by atoms with Gasteiger partial charge in [0.25, 0.3) is 0 Å². The molecule has 3 heteroatoms. The summed E-state index contributed by atoms with van der Waals surface area (Å²) in [7, 11) is 0. The Morgan fingerprint density at radius 2 is 2.00 bits per heavy atom. The van der Waals surface area contributed by atoms with Crippen LogP contribution in [0.2, 0.25) is 0 Å². The first kappa shape index (κ1) is 9.06. The van der Waals surface area contributed by atoms with Crippen LogP contribution in [0, 0.1) is 0 Å². The standard InChI is InChI=1S/C11H12FNO/c1-11(2,12)10-6-7-5-8(14)3-4-9(7)13-10/h3-6,13-14H,1-2H3. The van der Waals surface area contributed by atoms with Gasteiger partial charge >= 0.3 is 0 Å². The lowest BCUT2D eigenvalue weighted by Gasteiger charge is -2.10. The van der Waals surface area contributed by atoms with E-state index >= 15 is 0 Å². The number of phenolic OH excluding ortho intramolecular Hbond substituents is 1. The molecule has 1 aromatic heterocycles. The molecular formula is C11H12FNO. The van der Waals surface area contributed by atoms with Gasteiger partial charge in [0.05, 0.1) is 5.69 Å². The molecule has 0 unspecified atom stereocenters. The Kier molecular flexibility index (Phi) is 1.77. The highest BCUT2D eigenvalue weighted by Crippen LogP contribution is 2.28. The summed E-state index contributed by atoms with van der Waals surface area (Å²) in [4.78, 5) is 2.98. The van der Waals surface area contributed by atoms with Crippen molar-refractivity contribution in [1.29, 1.82) is 0 Å². The summed E-state index contributed by atoms with van der Waals surface area (Å²) >= 11 is 0. The summed E-state index contributed by atoms with van der Waals surface area (Å²) < 4.78 is 13.6. The number of halogens is 1. The van der Waals surface area contributed by atoms with Crippen molar-refractivity contribution >= 4 is 10.9 Å². The van der Waals surface area contributed by atoms with Crippen molar-refractivity contribution in [3.8, 4) is 5.75 Å². The van der Waals surface area contributed by atoms with Crippen molar-refractivity contribution in [3.05, 3.63) is 30.0 Å². The monoisotopic (exact) mass is 193 g/mol. The van der Waals surface area contributed by atoms with Crippen molar-refractivity contribution < 1.29 is 9.50 Å². The molecule has 0 aliphatic rings. The lowest BCUT2D eigenvalue weighted by atomic mass is 10.1. The summed E-state index contributed by atoms with van der Waals surface area (Å²) in [5.41, 5.74) is -0.0177. The second-order valence-corrected chi connectivity index (χ2v) is 3.93. The third-order valence-corrected chi connectivity index (χ3v) is 2.24. The van der Waals surface area contributed by atoms with Gasteiger partial charge in [0.15, 0.2) is 0 Å². The number of aromatic nitrogens is 1. The minimum absolute atomic E-state index is 0.194. The van der Waals surface area contributed by atoms with E-state index in [1.54, 1.807) is 24.3 Å². The first-order valence-corrected chi connectivity index (χ1v) is 4.48. The van der Waals surface area contributed by atoms with Crippen molar-refractivity contribution in [3.63, 3.8) is 0 Å². The maximum atomic E-state index is 13.6. The van der Waals surface area contributed by atoms with Gasteiger partial charge in [0.2, 0.25) is 0 Å². The molecule has 1 aromatic carbocycles. The Morgan fingerprint density at radius 1 is 1.29 bits per heavy atom. The lowest BCUT2D eigenvalue weighted by molar-refractivity contribution is 0.215. The van der Waals surface area contributed by atoms with Crippen LogP contribution in [0.3, 0.4) is 0 Å². The van der Waals surface area contributed by atoms with Gasteiger partial charge in [-0.1, -0.05) is 0 Å². The van der Waals surface area contributed by atoms with E-state index in [0.717, 1.165) is 10.9 Å². The summed E-state index contributed by atoms with van der Waals surface area (Å²) in [5, 5.41) is 10.1. The minimum Gasteiger partial charge on any atom is -0.508 e. The normalized spacial score (nSPS) is 12.2. The smallest absolute Gasteiger partial charge is 0.145 e. The fourth-order valence-corrected chi connectivity index (χ4v) is 1.44. The lowest BCUT2D eigenvalue weighted by Crippen LogP contribution is -2.08. The predicted molar refractivity (Wildman–Crippen MR) is 54.1 cm³/mol. The molecule has 0 spiro atoms. The molecular weight excluding hydrogens is 181 g/mol. The zero-order chi connectivity index (χ0) is 10.3. The third-order valence-electron chi connectivity index (χ3n) is 2.24. The molecule has 2 rings (SSSR count). The Balaban J connectivity index is 2.63. The van der Waals surface area contributed by atoms with Crippen LogP contribution < -0.4 is 0 Å². The zero-order valence-electron chi connectivity index (χ0n) is 8.13. The highest BCUT2D eigenvalue weighted by molar-refractivity contribution is 5.82. The largest absolute Gasteiger partial charge is 0.508 e. The Bertz CT molecular complexity index is 468. The van der Waals surface area contributed by atoms with Crippen LogP contribution in [0.15, 0.2) is 24.3 Å². The van der Waals surface area contributed by atoms with Crippen molar-refractivity contribution in [2.75, 3.05) is 0 Å². The molecule has 74 valence electrons. The van der Waals surface area contributed by atoms with Crippen LogP contribution in [0.4, 0.5) is 4.39 Å². The second-order valence-electron chi connectivity index (χ2n) is 3.93. The number of alkyl halides is 1. The molecule has 0 fully saturated rings. The van der Waals surface area contributed by atoms with E-state index in [4.69, 9.17) is 0 Å². The molecule has 0 aliphatic heterocycles. The number of phenols is 1. The first-order valence-electron chi connectivity index (χ1n) is 4.48. The Labute approximate surface area is 81.4 Å². The fourth-order valence-electron chi connectivity index (χ4n) is 1.44. The third kappa shape index (κ3) is 1.45. The van der Waals surface area contributed by atoms with E-state index in [1.807, 2.05) is 0 Å². The van der Waals surface area contributed by atoms with E-state index in [1.165, 1.54) is 13.8 Å². The van der Waals surface area contributed by atoms with Gasteiger partial charge < -0.3 is 10.1 Å². The number of nitrogens with one attached hydrogen (secondary N) is 1. The van der Waals surface area contributed by atoms with E-state index in [-0.39, 0.29) is 5.75 Å². The molecule has 1 heterocycles. The second kappa shape index (κ2) is 2.74. The Morgan fingerprint density at radius 3 is 2.64 bits per heavy atom. The average Bonchev–Trinajstić information content (AvgIpc) is 2.45. The highest BCUT2D eigenvalue weighted by Gasteiger charge is 2.20.